The maximum Gasteiger partial charge on any atom is 0.252 e. The zero-order valence-corrected chi connectivity index (χ0v) is 10.2. The number of hydrazone groups is 1. The molecular weight excluding hydrogens is 256 g/mol. The topological polar surface area (TPSA) is 151 Å². The van der Waals surface area contributed by atoms with Gasteiger partial charge in [-0.2, -0.15) is 5.10 Å². The van der Waals surface area contributed by atoms with E-state index in [0.717, 1.165) is 6.21 Å². The maximum absolute atomic E-state index is 11.1. The molecule has 1 aromatic heterocycles. The SMILES string of the molecule is Cc1cc(=O)[nH]c(N/N=C/[C@H](O)[C@@H](O)[C@H](O)CO)n1. The van der Waals surface area contributed by atoms with Crippen LogP contribution in [0.25, 0.3) is 0 Å². The lowest BCUT2D eigenvalue weighted by Crippen LogP contribution is -2.40. The lowest BCUT2D eigenvalue weighted by molar-refractivity contribution is -0.0541. The molecule has 0 aliphatic rings. The molecule has 1 rings (SSSR count). The molecule has 0 fully saturated rings. The molecule has 0 bridgehead atoms. The minimum absolute atomic E-state index is 0.0747. The molecule has 0 amide bonds. The molecule has 0 aromatic carbocycles. The fraction of sp³-hybridized carbons (Fsp3) is 0.500. The normalized spacial score (nSPS) is 16.3. The predicted octanol–water partition coefficient (Wildman–Crippen LogP) is -2.45. The first kappa shape index (κ1) is 15.2. The summed E-state index contributed by atoms with van der Waals surface area (Å²) in [5.41, 5.74) is 2.48. The molecule has 1 heterocycles. The molecule has 0 spiro atoms. The molecule has 0 radical (unpaired) electrons. The molecule has 0 saturated heterocycles. The maximum atomic E-state index is 11.1. The quantitative estimate of drug-likeness (QED) is 0.248. The smallest absolute Gasteiger partial charge is 0.252 e. The summed E-state index contributed by atoms with van der Waals surface area (Å²) in [6.07, 6.45) is -3.61. The van der Waals surface area contributed by atoms with Gasteiger partial charge in [0.15, 0.2) is 0 Å². The number of hydrogen-bond donors (Lipinski definition) is 6. The van der Waals surface area contributed by atoms with Gasteiger partial charge in [0, 0.05) is 11.8 Å². The molecule has 9 nitrogen and oxygen atoms in total. The van der Waals surface area contributed by atoms with E-state index >= 15 is 0 Å². The van der Waals surface area contributed by atoms with Crippen molar-refractivity contribution < 1.29 is 20.4 Å². The van der Waals surface area contributed by atoms with Crippen LogP contribution in [-0.2, 0) is 0 Å². The van der Waals surface area contributed by atoms with Crippen LogP contribution in [0.3, 0.4) is 0 Å². The number of anilines is 1. The molecular formula is C10H16N4O5. The average molecular weight is 272 g/mol. The van der Waals surface area contributed by atoms with Crippen LogP contribution in [-0.4, -0.2) is 61.5 Å². The number of aromatic amines is 1. The van der Waals surface area contributed by atoms with Crippen LogP contribution in [0, 0.1) is 6.92 Å². The predicted molar refractivity (Wildman–Crippen MR) is 66.8 cm³/mol. The summed E-state index contributed by atoms with van der Waals surface area (Å²) in [4.78, 5) is 17.4. The second-order valence-corrected chi connectivity index (χ2v) is 3.86. The number of aliphatic hydroxyl groups is 4. The molecule has 3 atom stereocenters. The molecule has 1 aromatic rings. The first-order chi connectivity index (χ1) is 8.93. The van der Waals surface area contributed by atoms with Gasteiger partial charge in [-0.15, -0.1) is 0 Å². The van der Waals surface area contributed by atoms with E-state index in [9.17, 15) is 15.0 Å². The molecule has 106 valence electrons. The van der Waals surface area contributed by atoms with Gasteiger partial charge in [0.05, 0.1) is 12.8 Å². The fourth-order valence-corrected chi connectivity index (χ4v) is 1.23. The highest BCUT2D eigenvalue weighted by atomic mass is 16.4. The molecule has 0 aliphatic carbocycles. The number of aliphatic hydroxyl groups excluding tert-OH is 4. The van der Waals surface area contributed by atoms with E-state index in [-0.39, 0.29) is 11.5 Å². The Morgan fingerprint density at radius 2 is 2.21 bits per heavy atom. The van der Waals surface area contributed by atoms with Crippen molar-refractivity contribution >= 4 is 12.2 Å². The standard InChI is InChI=1S/C10H16N4O5/c1-5-2-8(18)13-10(12-5)14-11-3-6(16)9(19)7(17)4-15/h2-3,6-7,9,15-17,19H,4H2,1H3,(H2,12,13,14,18)/b11-3+/t6-,7+,9+/m0/s1. The lowest BCUT2D eigenvalue weighted by Gasteiger charge is -2.17. The highest BCUT2D eigenvalue weighted by molar-refractivity contribution is 5.64. The number of H-pyrrole nitrogens is 1. The van der Waals surface area contributed by atoms with Crippen molar-refractivity contribution in [1.29, 1.82) is 0 Å². The Morgan fingerprint density at radius 3 is 2.79 bits per heavy atom. The Kier molecular flexibility index (Phi) is 5.57. The van der Waals surface area contributed by atoms with E-state index in [1.165, 1.54) is 6.07 Å². The zero-order valence-electron chi connectivity index (χ0n) is 10.2. The van der Waals surface area contributed by atoms with E-state index in [2.05, 4.69) is 20.5 Å². The number of nitrogens with zero attached hydrogens (tertiary/aromatic N) is 2. The van der Waals surface area contributed by atoms with Gasteiger partial charge in [-0.25, -0.2) is 10.4 Å². The van der Waals surface area contributed by atoms with Crippen molar-refractivity contribution in [3.05, 3.63) is 22.1 Å². The Labute approximate surface area is 108 Å². The largest absolute Gasteiger partial charge is 0.394 e. The minimum Gasteiger partial charge on any atom is -0.394 e. The van der Waals surface area contributed by atoms with Gasteiger partial charge >= 0.3 is 0 Å². The van der Waals surface area contributed by atoms with E-state index < -0.39 is 24.9 Å². The molecule has 0 aliphatic heterocycles. The van der Waals surface area contributed by atoms with Gasteiger partial charge in [-0.1, -0.05) is 0 Å². The number of nitrogens with one attached hydrogen (secondary N) is 2. The van der Waals surface area contributed by atoms with Gasteiger partial charge < -0.3 is 20.4 Å². The third-order valence-electron chi connectivity index (χ3n) is 2.20. The van der Waals surface area contributed by atoms with E-state index in [1.807, 2.05) is 0 Å². The molecule has 19 heavy (non-hydrogen) atoms. The van der Waals surface area contributed by atoms with Crippen LogP contribution in [0.5, 0.6) is 0 Å². The number of rotatable bonds is 6. The highest BCUT2D eigenvalue weighted by Crippen LogP contribution is 1.99. The van der Waals surface area contributed by atoms with Crippen LogP contribution in [0.1, 0.15) is 5.69 Å². The van der Waals surface area contributed by atoms with Crippen LogP contribution in [0.2, 0.25) is 0 Å². The highest BCUT2D eigenvalue weighted by Gasteiger charge is 2.22. The lowest BCUT2D eigenvalue weighted by atomic mass is 10.1. The van der Waals surface area contributed by atoms with Gasteiger partial charge in [0.1, 0.15) is 18.3 Å². The summed E-state index contributed by atoms with van der Waals surface area (Å²) < 4.78 is 0. The first-order valence-corrected chi connectivity index (χ1v) is 5.46. The van der Waals surface area contributed by atoms with Crippen molar-refractivity contribution in [2.24, 2.45) is 5.10 Å². The number of aryl methyl sites for hydroxylation is 1. The van der Waals surface area contributed by atoms with E-state index in [0.29, 0.717) is 5.69 Å². The van der Waals surface area contributed by atoms with Gasteiger partial charge in [-0.05, 0) is 6.92 Å². The van der Waals surface area contributed by atoms with Crippen LogP contribution >= 0.6 is 0 Å². The molecule has 9 heteroatoms. The van der Waals surface area contributed by atoms with Crippen LogP contribution in [0.15, 0.2) is 16.0 Å². The molecule has 6 N–H and O–H groups in total. The zero-order chi connectivity index (χ0) is 14.4. The molecule has 0 unspecified atom stereocenters. The van der Waals surface area contributed by atoms with E-state index in [1.54, 1.807) is 6.92 Å². The Balaban J connectivity index is 2.60. The van der Waals surface area contributed by atoms with E-state index in [4.69, 9.17) is 10.2 Å². The second-order valence-electron chi connectivity index (χ2n) is 3.86. The second kappa shape index (κ2) is 6.95. The summed E-state index contributed by atoms with van der Waals surface area (Å²) in [7, 11) is 0. The first-order valence-electron chi connectivity index (χ1n) is 5.46. The van der Waals surface area contributed by atoms with Crippen molar-refractivity contribution in [3.8, 4) is 0 Å². The fourth-order valence-electron chi connectivity index (χ4n) is 1.23. The van der Waals surface area contributed by atoms with Crippen molar-refractivity contribution in [2.75, 3.05) is 12.0 Å². The summed E-state index contributed by atoms with van der Waals surface area (Å²) in [5.74, 6) is 0.0747. The number of aromatic nitrogens is 2. The van der Waals surface area contributed by atoms with Gasteiger partial charge in [-0.3, -0.25) is 9.78 Å². The summed E-state index contributed by atoms with van der Waals surface area (Å²) in [6.45, 7) is 0.937. The minimum atomic E-state index is -1.57. The number of hydrogen-bond acceptors (Lipinski definition) is 8. The Morgan fingerprint density at radius 1 is 1.53 bits per heavy atom. The summed E-state index contributed by atoms with van der Waals surface area (Å²) >= 11 is 0. The molecule has 0 saturated carbocycles. The van der Waals surface area contributed by atoms with Crippen molar-refractivity contribution in [3.63, 3.8) is 0 Å². The van der Waals surface area contributed by atoms with Crippen molar-refractivity contribution in [1.82, 2.24) is 9.97 Å². The van der Waals surface area contributed by atoms with Crippen LogP contribution < -0.4 is 11.0 Å². The van der Waals surface area contributed by atoms with Crippen molar-refractivity contribution in [2.45, 2.75) is 25.2 Å². The van der Waals surface area contributed by atoms with Gasteiger partial charge in [0.25, 0.3) is 5.56 Å². The summed E-state index contributed by atoms with van der Waals surface area (Å²) in [6, 6.07) is 1.30. The third kappa shape index (κ3) is 4.75. The summed E-state index contributed by atoms with van der Waals surface area (Å²) in [5, 5.41) is 39.9. The van der Waals surface area contributed by atoms with Crippen LogP contribution in [0.4, 0.5) is 5.95 Å². The monoisotopic (exact) mass is 272 g/mol. The Hall–Kier alpha value is -1.81. The third-order valence-corrected chi connectivity index (χ3v) is 2.20. The average Bonchev–Trinajstić information content (AvgIpc) is 2.35. The van der Waals surface area contributed by atoms with Gasteiger partial charge in [0.2, 0.25) is 5.95 Å². The Bertz CT molecular complexity index is 489.